The van der Waals surface area contributed by atoms with Crippen LogP contribution in [0.25, 0.3) is 0 Å². The minimum atomic E-state index is -0.549. The highest BCUT2D eigenvalue weighted by molar-refractivity contribution is 5.93. The molecule has 0 bridgehead atoms. The van der Waals surface area contributed by atoms with Crippen molar-refractivity contribution in [1.82, 2.24) is 10.2 Å². The number of nitrogens with one attached hydrogen (secondary N) is 2. The molecule has 4 atom stereocenters. The van der Waals surface area contributed by atoms with Crippen molar-refractivity contribution in [2.45, 2.75) is 83.1 Å². The molecule has 1 saturated heterocycles. The number of para-hydroxylation sites is 2. The van der Waals surface area contributed by atoms with Gasteiger partial charge in [0.25, 0.3) is 0 Å². The molecule has 9 heteroatoms. The van der Waals surface area contributed by atoms with E-state index in [0.29, 0.717) is 50.0 Å². The Labute approximate surface area is 295 Å². The van der Waals surface area contributed by atoms with Crippen LogP contribution < -0.4 is 16.4 Å². The van der Waals surface area contributed by atoms with Crippen molar-refractivity contribution >= 4 is 23.2 Å². The van der Waals surface area contributed by atoms with Crippen LogP contribution in [0.1, 0.15) is 91.7 Å². The second kappa shape index (κ2) is 18.5. The molecule has 0 saturated carbocycles. The molecule has 5 rings (SSSR count). The molecule has 9 nitrogen and oxygen atoms in total. The summed E-state index contributed by atoms with van der Waals surface area (Å²) in [7, 11) is 2.13. The Kier molecular flexibility index (Phi) is 13.6. The number of nitrogens with zero attached hydrogens (tertiary/aromatic N) is 1. The SMILES string of the molecule is C[C@@H](c1ccccc1)N(C)C[C@H]1C[C@@H](c2ccc(CO)cc2)O[C@@H](c2ccc(CNC(=O)CCCCCC(=O)Nc3ccccc3N)cc2)O1. The van der Waals surface area contributed by atoms with Gasteiger partial charge in [0.15, 0.2) is 6.29 Å². The number of amides is 2. The quantitative estimate of drug-likeness (QED) is 0.0729. The van der Waals surface area contributed by atoms with E-state index in [1.807, 2.05) is 66.7 Å². The van der Waals surface area contributed by atoms with E-state index in [2.05, 4.69) is 53.8 Å². The average molecular weight is 679 g/mol. The maximum absolute atomic E-state index is 12.5. The highest BCUT2D eigenvalue weighted by Crippen LogP contribution is 2.38. The number of aliphatic hydroxyl groups excluding tert-OH is 1. The molecule has 4 aromatic carbocycles. The molecule has 4 aromatic rings. The molecule has 1 aliphatic heterocycles. The van der Waals surface area contributed by atoms with E-state index < -0.39 is 6.29 Å². The summed E-state index contributed by atoms with van der Waals surface area (Å²) in [5.74, 6) is -0.0890. The standard InChI is InChI=1S/C41H50N4O5/c1-29(32-11-5-3-6-12-32)45(2)27-35-25-38(33-21-19-31(28-46)20-22-33)50-41(49-35)34-23-17-30(18-24-34)26-43-39(47)15-7-4-8-16-40(48)44-37-14-10-9-13-36(37)42/h3,5-6,9-14,17-24,29,35,38,41,46H,4,7-8,15-16,25-28,42H2,1-2H3,(H,43,47)(H,44,48)/t29-,35+,38-,41-/m0/s1. The van der Waals surface area contributed by atoms with Crippen LogP contribution in [-0.2, 0) is 32.2 Å². The summed E-state index contributed by atoms with van der Waals surface area (Å²) in [5, 5.41) is 15.4. The van der Waals surface area contributed by atoms with E-state index in [1.165, 1.54) is 5.56 Å². The van der Waals surface area contributed by atoms with E-state index in [0.717, 1.165) is 35.2 Å². The third-order valence-corrected chi connectivity index (χ3v) is 9.33. The topological polar surface area (TPSA) is 126 Å². The number of benzene rings is 4. The van der Waals surface area contributed by atoms with Gasteiger partial charge >= 0.3 is 0 Å². The molecule has 0 unspecified atom stereocenters. The number of rotatable bonds is 16. The van der Waals surface area contributed by atoms with Crippen LogP contribution in [0, 0.1) is 0 Å². The van der Waals surface area contributed by atoms with Crippen LogP contribution in [0.5, 0.6) is 0 Å². The molecule has 0 aliphatic carbocycles. The predicted molar refractivity (Wildman–Crippen MR) is 197 cm³/mol. The lowest BCUT2D eigenvalue weighted by molar-refractivity contribution is -0.253. The highest BCUT2D eigenvalue weighted by Gasteiger charge is 2.33. The van der Waals surface area contributed by atoms with E-state index in [4.69, 9.17) is 15.2 Å². The van der Waals surface area contributed by atoms with Crippen LogP contribution in [-0.4, -0.2) is 41.5 Å². The number of likely N-dealkylation sites (N-methyl/N-ethyl adjacent to an activating group) is 1. The first-order valence-corrected chi connectivity index (χ1v) is 17.5. The predicted octanol–water partition coefficient (Wildman–Crippen LogP) is 7.20. The van der Waals surface area contributed by atoms with Crippen molar-refractivity contribution in [3.63, 3.8) is 0 Å². The Bertz CT molecular complexity index is 1650. The van der Waals surface area contributed by atoms with Crippen molar-refractivity contribution in [3.8, 4) is 0 Å². The molecule has 0 aromatic heterocycles. The fraction of sp³-hybridized carbons (Fsp3) is 0.366. The van der Waals surface area contributed by atoms with Crippen molar-refractivity contribution in [1.29, 1.82) is 0 Å². The van der Waals surface area contributed by atoms with Crippen LogP contribution >= 0.6 is 0 Å². The lowest BCUT2D eigenvalue weighted by Gasteiger charge is -2.39. The summed E-state index contributed by atoms with van der Waals surface area (Å²) in [6, 6.07) is 33.8. The number of aliphatic hydroxyl groups is 1. The summed E-state index contributed by atoms with van der Waals surface area (Å²) in [4.78, 5) is 27.0. The van der Waals surface area contributed by atoms with Gasteiger partial charge in [-0.05, 0) is 61.2 Å². The van der Waals surface area contributed by atoms with Gasteiger partial charge in [-0.25, -0.2) is 0 Å². The van der Waals surface area contributed by atoms with Gasteiger partial charge < -0.3 is 30.9 Å². The molecule has 1 heterocycles. The number of carbonyl (C=O) groups excluding carboxylic acids is 2. The molecule has 1 aliphatic rings. The minimum Gasteiger partial charge on any atom is -0.397 e. The average Bonchev–Trinajstić information content (AvgIpc) is 3.15. The van der Waals surface area contributed by atoms with Gasteiger partial charge in [-0.3, -0.25) is 14.5 Å². The van der Waals surface area contributed by atoms with Crippen molar-refractivity contribution in [2.24, 2.45) is 0 Å². The van der Waals surface area contributed by atoms with Gasteiger partial charge in [-0.15, -0.1) is 0 Å². The number of unbranched alkanes of at least 4 members (excludes halogenated alkanes) is 2. The number of anilines is 2. The van der Waals surface area contributed by atoms with Crippen molar-refractivity contribution in [3.05, 3.63) is 131 Å². The third kappa shape index (κ3) is 10.7. The summed E-state index contributed by atoms with van der Waals surface area (Å²) in [6.45, 7) is 3.37. The first-order valence-electron chi connectivity index (χ1n) is 17.5. The second-order valence-electron chi connectivity index (χ2n) is 13.1. The number of ether oxygens (including phenoxy) is 2. The van der Waals surface area contributed by atoms with Gasteiger partial charge in [0.1, 0.15) is 0 Å². The smallest absolute Gasteiger partial charge is 0.224 e. The third-order valence-electron chi connectivity index (χ3n) is 9.33. The van der Waals surface area contributed by atoms with Crippen LogP contribution in [0.3, 0.4) is 0 Å². The Morgan fingerprint density at radius 2 is 1.46 bits per heavy atom. The summed E-state index contributed by atoms with van der Waals surface area (Å²) >= 11 is 0. The summed E-state index contributed by atoms with van der Waals surface area (Å²) in [5.41, 5.74) is 12.1. The lowest BCUT2D eigenvalue weighted by Crippen LogP contribution is -2.38. The normalized spacial score (nSPS) is 18.0. The van der Waals surface area contributed by atoms with E-state index in [9.17, 15) is 14.7 Å². The molecule has 2 amide bonds. The number of hydrogen-bond donors (Lipinski definition) is 4. The van der Waals surface area contributed by atoms with Gasteiger partial charge in [0.05, 0.1) is 30.2 Å². The molecule has 5 N–H and O–H groups in total. The Morgan fingerprint density at radius 3 is 2.16 bits per heavy atom. The van der Waals surface area contributed by atoms with Gasteiger partial charge in [-0.2, -0.15) is 0 Å². The van der Waals surface area contributed by atoms with E-state index in [-0.39, 0.29) is 36.7 Å². The number of nitrogens with two attached hydrogens (primary N) is 1. The van der Waals surface area contributed by atoms with Gasteiger partial charge in [0, 0.05) is 44.0 Å². The molecule has 1 fully saturated rings. The van der Waals surface area contributed by atoms with Crippen LogP contribution in [0.2, 0.25) is 0 Å². The molecule has 0 radical (unpaired) electrons. The number of carbonyl (C=O) groups is 2. The zero-order valence-corrected chi connectivity index (χ0v) is 29.1. The summed E-state index contributed by atoms with van der Waals surface area (Å²) in [6.07, 6.45) is 2.94. The zero-order valence-electron chi connectivity index (χ0n) is 29.1. The van der Waals surface area contributed by atoms with Gasteiger partial charge in [0.2, 0.25) is 11.8 Å². The largest absolute Gasteiger partial charge is 0.397 e. The molecular formula is C41H50N4O5. The zero-order chi connectivity index (χ0) is 35.3. The molecular weight excluding hydrogens is 628 g/mol. The highest BCUT2D eigenvalue weighted by atomic mass is 16.7. The fourth-order valence-corrected chi connectivity index (χ4v) is 6.15. The Hall–Kier alpha value is -4.54. The van der Waals surface area contributed by atoms with E-state index >= 15 is 0 Å². The fourth-order valence-electron chi connectivity index (χ4n) is 6.15. The van der Waals surface area contributed by atoms with Crippen molar-refractivity contribution in [2.75, 3.05) is 24.6 Å². The lowest BCUT2D eigenvalue weighted by atomic mass is 9.99. The maximum atomic E-state index is 12.5. The maximum Gasteiger partial charge on any atom is 0.224 e. The monoisotopic (exact) mass is 678 g/mol. The van der Waals surface area contributed by atoms with Crippen molar-refractivity contribution < 1.29 is 24.2 Å². The first-order chi connectivity index (χ1) is 24.3. The second-order valence-corrected chi connectivity index (χ2v) is 13.1. The molecule has 50 heavy (non-hydrogen) atoms. The van der Waals surface area contributed by atoms with Crippen LogP contribution in [0.15, 0.2) is 103 Å². The summed E-state index contributed by atoms with van der Waals surface area (Å²) < 4.78 is 13.1. The molecule has 0 spiro atoms. The first kappa shape index (κ1) is 36.7. The molecule has 264 valence electrons. The van der Waals surface area contributed by atoms with E-state index in [1.54, 1.807) is 12.1 Å². The number of nitrogen functional groups attached to an aromatic ring is 1. The Balaban J connectivity index is 1.10. The minimum absolute atomic E-state index is 0.00133. The number of hydrogen-bond acceptors (Lipinski definition) is 7. The Morgan fingerprint density at radius 1 is 0.820 bits per heavy atom. The van der Waals surface area contributed by atoms with Crippen LogP contribution in [0.4, 0.5) is 11.4 Å². The van der Waals surface area contributed by atoms with Gasteiger partial charge in [-0.1, -0.05) is 97.4 Å².